The largest absolute Gasteiger partial charge is 0.496 e. The second kappa shape index (κ2) is 8.49. The van der Waals surface area contributed by atoms with Crippen LogP contribution in [0.2, 0.25) is 0 Å². The summed E-state index contributed by atoms with van der Waals surface area (Å²) in [5.74, 6) is 0.767. The van der Waals surface area contributed by atoms with Gasteiger partial charge in [0.05, 0.1) is 7.11 Å². The average Bonchev–Trinajstić information content (AvgIpc) is 2.88. The second-order valence-electron chi connectivity index (χ2n) is 7.66. The van der Waals surface area contributed by atoms with Crippen molar-refractivity contribution in [2.75, 3.05) is 7.11 Å². The summed E-state index contributed by atoms with van der Waals surface area (Å²) in [6, 6.07) is 39.9. The van der Waals surface area contributed by atoms with Gasteiger partial charge in [0.15, 0.2) is 7.14 Å². The van der Waals surface area contributed by atoms with E-state index < -0.39 is 7.14 Å². The van der Waals surface area contributed by atoms with Crippen LogP contribution in [0.25, 0.3) is 21.9 Å². The summed E-state index contributed by atoms with van der Waals surface area (Å²) in [6.07, 6.45) is 0. The number of hydrogen-bond acceptors (Lipinski definition) is 2. The van der Waals surface area contributed by atoms with Gasteiger partial charge in [-0.05, 0) is 22.4 Å². The molecule has 0 aliphatic rings. The van der Waals surface area contributed by atoms with Crippen LogP contribution >= 0.6 is 7.14 Å². The number of methoxy groups -OCH3 is 1. The van der Waals surface area contributed by atoms with E-state index in [4.69, 9.17) is 4.74 Å². The molecule has 0 aliphatic carbocycles. The molecule has 0 aliphatic heterocycles. The van der Waals surface area contributed by atoms with Gasteiger partial charge in [0.25, 0.3) is 0 Å². The van der Waals surface area contributed by atoms with Crippen molar-refractivity contribution in [3.63, 3.8) is 0 Å². The first-order valence-corrected chi connectivity index (χ1v) is 12.3. The lowest BCUT2D eigenvalue weighted by Gasteiger charge is -2.24. The Morgan fingerprint density at radius 2 is 1.16 bits per heavy atom. The van der Waals surface area contributed by atoms with E-state index in [9.17, 15) is 0 Å². The molecule has 2 nitrogen and oxygen atoms in total. The molecule has 3 heteroatoms. The number of fused-ring (bicyclic) bond motifs is 1. The minimum atomic E-state index is -3.14. The van der Waals surface area contributed by atoms with Crippen LogP contribution < -0.4 is 20.7 Å². The van der Waals surface area contributed by atoms with Crippen molar-refractivity contribution in [2.24, 2.45) is 0 Å². The lowest BCUT2D eigenvalue weighted by molar-refractivity contribution is 0.417. The zero-order valence-electron chi connectivity index (χ0n) is 17.8. The molecule has 32 heavy (non-hydrogen) atoms. The van der Waals surface area contributed by atoms with Gasteiger partial charge in [-0.2, -0.15) is 0 Å². The zero-order chi connectivity index (χ0) is 22.0. The van der Waals surface area contributed by atoms with Gasteiger partial charge in [-0.25, -0.2) is 0 Å². The van der Waals surface area contributed by atoms with E-state index in [1.165, 1.54) is 0 Å². The van der Waals surface area contributed by atoms with Crippen molar-refractivity contribution in [3.8, 4) is 16.9 Å². The minimum Gasteiger partial charge on any atom is -0.496 e. The molecule has 156 valence electrons. The highest BCUT2D eigenvalue weighted by Gasteiger charge is 2.32. The SMILES string of the molecule is COc1ccc2ccccc2c1-c1ccccc1P(=O)(c1ccccc1)c1ccccc1. The van der Waals surface area contributed by atoms with Gasteiger partial charge in [-0.1, -0.05) is 115 Å². The van der Waals surface area contributed by atoms with Crippen molar-refractivity contribution < 1.29 is 9.30 Å². The van der Waals surface area contributed by atoms with Crippen molar-refractivity contribution in [2.45, 2.75) is 0 Å². The highest BCUT2D eigenvalue weighted by molar-refractivity contribution is 7.85. The van der Waals surface area contributed by atoms with Crippen LogP contribution in [0.15, 0.2) is 121 Å². The third kappa shape index (κ3) is 3.34. The molecular formula is C29H23O2P. The van der Waals surface area contributed by atoms with Crippen LogP contribution in [0.4, 0.5) is 0 Å². The number of hydrogen-bond donors (Lipinski definition) is 0. The Morgan fingerprint density at radius 3 is 1.81 bits per heavy atom. The van der Waals surface area contributed by atoms with E-state index in [0.29, 0.717) is 0 Å². The molecule has 0 saturated heterocycles. The van der Waals surface area contributed by atoms with Crippen molar-refractivity contribution in [3.05, 3.63) is 121 Å². The lowest BCUT2D eigenvalue weighted by atomic mass is 9.97. The van der Waals surface area contributed by atoms with Crippen LogP contribution in [0.3, 0.4) is 0 Å². The second-order valence-corrected chi connectivity index (χ2v) is 10.4. The third-order valence-corrected chi connectivity index (χ3v) is 8.98. The molecule has 0 fully saturated rings. The quantitative estimate of drug-likeness (QED) is 0.310. The first-order chi connectivity index (χ1) is 15.7. The molecule has 0 saturated carbocycles. The summed E-state index contributed by atoms with van der Waals surface area (Å²) < 4.78 is 20.9. The first kappa shape index (κ1) is 20.3. The summed E-state index contributed by atoms with van der Waals surface area (Å²) in [6.45, 7) is 0. The van der Waals surface area contributed by atoms with Gasteiger partial charge in [0, 0.05) is 21.5 Å². The zero-order valence-corrected chi connectivity index (χ0v) is 18.7. The molecule has 0 heterocycles. The van der Waals surface area contributed by atoms with Crippen LogP contribution in [0.1, 0.15) is 0 Å². The maximum absolute atomic E-state index is 15.1. The summed E-state index contributed by atoms with van der Waals surface area (Å²) in [4.78, 5) is 0. The third-order valence-electron chi connectivity index (χ3n) is 5.86. The maximum atomic E-state index is 15.1. The van der Waals surface area contributed by atoms with E-state index >= 15 is 4.57 Å². The molecule has 0 aromatic heterocycles. The molecular weight excluding hydrogens is 411 g/mol. The van der Waals surface area contributed by atoms with Gasteiger partial charge in [-0.3, -0.25) is 0 Å². The molecule has 0 radical (unpaired) electrons. The van der Waals surface area contributed by atoms with Crippen LogP contribution in [-0.2, 0) is 4.57 Å². The Hall–Kier alpha value is -3.61. The summed E-state index contributed by atoms with van der Waals surface area (Å²) >= 11 is 0. The smallest absolute Gasteiger partial charge is 0.171 e. The van der Waals surface area contributed by atoms with E-state index in [2.05, 4.69) is 24.3 Å². The minimum absolute atomic E-state index is 0.767. The summed E-state index contributed by atoms with van der Waals surface area (Å²) in [5, 5.41) is 4.64. The fraction of sp³-hybridized carbons (Fsp3) is 0.0345. The van der Waals surface area contributed by atoms with Crippen molar-refractivity contribution in [1.29, 1.82) is 0 Å². The normalized spacial score (nSPS) is 11.4. The Balaban J connectivity index is 1.88. The Labute approximate surface area is 188 Å². The van der Waals surface area contributed by atoms with Crippen LogP contribution in [0.5, 0.6) is 5.75 Å². The highest BCUT2D eigenvalue weighted by atomic mass is 31.2. The molecule has 0 bridgehead atoms. The fourth-order valence-corrected chi connectivity index (χ4v) is 7.22. The van der Waals surface area contributed by atoms with Gasteiger partial charge in [0.1, 0.15) is 5.75 Å². The lowest BCUT2D eigenvalue weighted by Crippen LogP contribution is -2.26. The fourth-order valence-electron chi connectivity index (χ4n) is 4.36. The molecule has 5 rings (SSSR count). The van der Waals surface area contributed by atoms with Gasteiger partial charge in [0.2, 0.25) is 0 Å². The molecule has 0 spiro atoms. The molecule has 0 N–H and O–H groups in total. The number of ether oxygens (including phenoxy) is 1. The number of benzene rings is 5. The van der Waals surface area contributed by atoms with Gasteiger partial charge < -0.3 is 9.30 Å². The van der Waals surface area contributed by atoms with Gasteiger partial charge in [-0.15, -0.1) is 0 Å². The standard InChI is InChI=1S/C29H23O2P/c1-31-27-21-20-22-12-8-9-17-25(22)29(27)26-18-10-11-19-28(26)32(30,23-13-4-2-5-14-23)24-15-6-3-7-16-24/h2-21H,1H3. The first-order valence-electron chi connectivity index (χ1n) is 10.6. The Kier molecular flexibility index (Phi) is 5.39. The monoisotopic (exact) mass is 434 g/mol. The molecule has 0 amide bonds. The number of rotatable bonds is 5. The summed E-state index contributed by atoms with van der Waals surface area (Å²) in [7, 11) is -1.46. The molecule has 5 aromatic rings. The molecule has 5 aromatic carbocycles. The Bertz CT molecular complexity index is 1380. The van der Waals surface area contributed by atoms with Crippen LogP contribution in [0, 0.1) is 0 Å². The highest BCUT2D eigenvalue weighted by Crippen LogP contribution is 2.47. The topological polar surface area (TPSA) is 26.3 Å². The van der Waals surface area contributed by atoms with E-state index in [-0.39, 0.29) is 0 Å². The average molecular weight is 434 g/mol. The van der Waals surface area contributed by atoms with E-state index in [1.54, 1.807) is 7.11 Å². The maximum Gasteiger partial charge on any atom is 0.171 e. The van der Waals surface area contributed by atoms with Crippen molar-refractivity contribution >= 4 is 33.8 Å². The molecule has 0 unspecified atom stereocenters. The van der Waals surface area contributed by atoms with Gasteiger partial charge >= 0.3 is 0 Å². The summed E-state index contributed by atoms with van der Waals surface area (Å²) in [5.41, 5.74) is 1.89. The van der Waals surface area contributed by atoms with E-state index in [1.807, 2.05) is 97.1 Å². The molecule has 0 atom stereocenters. The Morgan fingerprint density at radius 1 is 0.594 bits per heavy atom. The van der Waals surface area contributed by atoms with Crippen LogP contribution in [-0.4, -0.2) is 7.11 Å². The predicted octanol–water partition coefficient (Wildman–Crippen LogP) is 6.15. The predicted molar refractivity (Wildman–Crippen MR) is 135 cm³/mol. The van der Waals surface area contributed by atoms with Crippen molar-refractivity contribution in [1.82, 2.24) is 0 Å². The van der Waals surface area contributed by atoms with E-state index in [0.717, 1.165) is 43.6 Å².